The zero-order valence-electron chi connectivity index (χ0n) is 14.4. The number of hydrogen-bond acceptors (Lipinski definition) is 1. The van der Waals surface area contributed by atoms with Crippen LogP contribution in [0.25, 0.3) is 23.3 Å². The minimum Gasteiger partial charge on any atom is -0.507 e. The summed E-state index contributed by atoms with van der Waals surface area (Å²) in [6.07, 6.45) is 4.24. The minimum atomic E-state index is 0.328. The molecule has 24 heavy (non-hydrogen) atoms. The van der Waals surface area contributed by atoms with Crippen molar-refractivity contribution >= 4 is 12.2 Å². The van der Waals surface area contributed by atoms with Crippen LogP contribution in [0.4, 0.5) is 0 Å². The van der Waals surface area contributed by atoms with Crippen molar-refractivity contribution in [3.05, 3.63) is 88.5 Å². The SMILES string of the molecule is Cc1ccc(/C=C/c2cc(C)cc(-c3c(C)cccc3O)c2)cc1. The molecular weight excluding hydrogens is 292 g/mol. The van der Waals surface area contributed by atoms with Gasteiger partial charge in [-0.25, -0.2) is 0 Å². The highest BCUT2D eigenvalue weighted by Gasteiger charge is 2.08. The maximum Gasteiger partial charge on any atom is 0.123 e. The van der Waals surface area contributed by atoms with Gasteiger partial charge < -0.3 is 5.11 Å². The molecule has 3 rings (SSSR count). The van der Waals surface area contributed by atoms with Crippen molar-refractivity contribution in [3.8, 4) is 16.9 Å². The third kappa shape index (κ3) is 3.57. The molecule has 0 bridgehead atoms. The Kier molecular flexibility index (Phi) is 4.52. The van der Waals surface area contributed by atoms with Crippen LogP contribution in [-0.2, 0) is 0 Å². The molecule has 0 aliphatic rings. The molecule has 0 aromatic heterocycles. The van der Waals surface area contributed by atoms with Crippen LogP contribution in [0.5, 0.6) is 5.75 Å². The molecule has 120 valence electrons. The second kappa shape index (κ2) is 6.76. The number of phenolic OH excluding ortho intramolecular Hbond substituents is 1. The fourth-order valence-corrected chi connectivity index (χ4v) is 2.95. The number of benzene rings is 3. The molecule has 0 amide bonds. The lowest BCUT2D eigenvalue weighted by Gasteiger charge is -2.10. The van der Waals surface area contributed by atoms with E-state index in [0.29, 0.717) is 5.75 Å². The van der Waals surface area contributed by atoms with Crippen LogP contribution in [0.3, 0.4) is 0 Å². The Labute approximate surface area is 143 Å². The first-order valence-electron chi connectivity index (χ1n) is 8.18. The van der Waals surface area contributed by atoms with Gasteiger partial charge in [0.25, 0.3) is 0 Å². The second-order valence-corrected chi connectivity index (χ2v) is 6.35. The van der Waals surface area contributed by atoms with E-state index in [9.17, 15) is 5.11 Å². The fraction of sp³-hybridized carbons (Fsp3) is 0.130. The fourth-order valence-electron chi connectivity index (χ4n) is 2.95. The van der Waals surface area contributed by atoms with E-state index in [1.807, 2.05) is 19.1 Å². The van der Waals surface area contributed by atoms with Gasteiger partial charge in [0.2, 0.25) is 0 Å². The highest BCUT2D eigenvalue weighted by Crippen LogP contribution is 2.33. The lowest BCUT2D eigenvalue weighted by molar-refractivity contribution is 0.477. The first kappa shape index (κ1) is 16.1. The monoisotopic (exact) mass is 314 g/mol. The maximum atomic E-state index is 10.2. The third-order valence-electron chi connectivity index (χ3n) is 4.18. The van der Waals surface area contributed by atoms with Crippen LogP contribution in [0.2, 0.25) is 0 Å². The Balaban J connectivity index is 1.99. The van der Waals surface area contributed by atoms with Gasteiger partial charge in [-0.1, -0.05) is 66.2 Å². The van der Waals surface area contributed by atoms with Crippen molar-refractivity contribution in [2.24, 2.45) is 0 Å². The Morgan fingerprint density at radius 2 is 1.42 bits per heavy atom. The van der Waals surface area contributed by atoms with Crippen LogP contribution in [0, 0.1) is 20.8 Å². The highest BCUT2D eigenvalue weighted by molar-refractivity contribution is 5.78. The summed E-state index contributed by atoms with van der Waals surface area (Å²) < 4.78 is 0. The Bertz CT molecular complexity index is 866. The molecule has 0 aliphatic carbocycles. The predicted octanol–water partition coefficient (Wildman–Crippen LogP) is 6.15. The third-order valence-corrected chi connectivity index (χ3v) is 4.18. The molecule has 0 radical (unpaired) electrons. The molecule has 0 saturated carbocycles. The highest BCUT2D eigenvalue weighted by atomic mass is 16.3. The second-order valence-electron chi connectivity index (χ2n) is 6.35. The van der Waals surface area contributed by atoms with Gasteiger partial charge in [0.05, 0.1) is 0 Å². The van der Waals surface area contributed by atoms with Crippen LogP contribution < -0.4 is 0 Å². The largest absolute Gasteiger partial charge is 0.507 e. The van der Waals surface area contributed by atoms with Gasteiger partial charge in [-0.3, -0.25) is 0 Å². The van der Waals surface area contributed by atoms with E-state index in [4.69, 9.17) is 0 Å². The average molecular weight is 314 g/mol. The standard InChI is InChI=1S/C23H22O/c1-16-7-9-19(10-8-16)11-12-20-13-17(2)14-21(15-20)23-18(3)5-4-6-22(23)24/h4-15,24H,1-3H3/b12-11+. The summed E-state index contributed by atoms with van der Waals surface area (Å²) >= 11 is 0. The number of hydrogen-bond donors (Lipinski definition) is 1. The molecule has 1 nitrogen and oxygen atoms in total. The molecule has 1 N–H and O–H groups in total. The Morgan fingerprint density at radius 1 is 0.708 bits per heavy atom. The summed E-state index contributed by atoms with van der Waals surface area (Å²) in [5.74, 6) is 0.328. The van der Waals surface area contributed by atoms with E-state index in [0.717, 1.165) is 22.3 Å². The van der Waals surface area contributed by atoms with Crippen molar-refractivity contribution in [2.45, 2.75) is 20.8 Å². The van der Waals surface area contributed by atoms with Crippen LogP contribution in [-0.4, -0.2) is 5.11 Å². The van der Waals surface area contributed by atoms with Gasteiger partial charge in [0.15, 0.2) is 0 Å². The normalized spacial score (nSPS) is 11.1. The smallest absolute Gasteiger partial charge is 0.123 e. The summed E-state index contributed by atoms with van der Waals surface area (Å²) in [4.78, 5) is 0. The van der Waals surface area contributed by atoms with E-state index in [1.54, 1.807) is 6.07 Å². The summed E-state index contributed by atoms with van der Waals surface area (Å²) in [5, 5.41) is 10.2. The molecule has 1 heteroatoms. The van der Waals surface area contributed by atoms with Gasteiger partial charge in [-0.15, -0.1) is 0 Å². The predicted molar refractivity (Wildman–Crippen MR) is 103 cm³/mol. The van der Waals surface area contributed by atoms with E-state index in [-0.39, 0.29) is 0 Å². The molecule has 3 aromatic rings. The lowest BCUT2D eigenvalue weighted by Crippen LogP contribution is -1.87. The minimum absolute atomic E-state index is 0.328. The molecule has 0 heterocycles. The number of aromatic hydroxyl groups is 1. The van der Waals surface area contributed by atoms with E-state index < -0.39 is 0 Å². The molecule has 0 spiro atoms. The molecule has 0 fully saturated rings. The Hall–Kier alpha value is -2.80. The molecule has 3 aromatic carbocycles. The summed E-state index contributed by atoms with van der Waals surface area (Å²) in [6.45, 7) is 6.20. The van der Waals surface area contributed by atoms with Crippen molar-refractivity contribution in [1.82, 2.24) is 0 Å². The first-order chi connectivity index (χ1) is 11.5. The van der Waals surface area contributed by atoms with Gasteiger partial charge in [-0.05, 0) is 60.7 Å². The van der Waals surface area contributed by atoms with E-state index in [1.165, 1.54) is 16.7 Å². The number of rotatable bonds is 3. The van der Waals surface area contributed by atoms with Crippen molar-refractivity contribution in [2.75, 3.05) is 0 Å². The summed E-state index contributed by atoms with van der Waals surface area (Å²) in [6, 6.07) is 20.5. The summed E-state index contributed by atoms with van der Waals surface area (Å²) in [7, 11) is 0. The van der Waals surface area contributed by atoms with Crippen LogP contribution in [0.15, 0.2) is 60.7 Å². The van der Waals surface area contributed by atoms with E-state index in [2.05, 4.69) is 68.5 Å². The van der Waals surface area contributed by atoms with Gasteiger partial charge in [0.1, 0.15) is 5.75 Å². The lowest BCUT2D eigenvalue weighted by atomic mass is 9.95. The molecule has 0 atom stereocenters. The van der Waals surface area contributed by atoms with Crippen molar-refractivity contribution in [1.29, 1.82) is 0 Å². The van der Waals surface area contributed by atoms with Gasteiger partial charge in [0, 0.05) is 5.56 Å². The first-order valence-corrected chi connectivity index (χ1v) is 8.18. The number of phenols is 1. The average Bonchev–Trinajstić information content (AvgIpc) is 2.54. The van der Waals surface area contributed by atoms with Crippen molar-refractivity contribution < 1.29 is 5.11 Å². The number of aryl methyl sites for hydroxylation is 3. The zero-order valence-corrected chi connectivity index (χ0v) is 14.4. The quantitative estimate of drug-likeness (QED) is 0.574. The van der Waals surface area contributed by atoms with Gasteiger partial charge >= 0.3 is 0 Å². The van der Waals surface area contributed by atoms with E-state index >= 15 is 0 Å². The molecular formula is C23H22O. The van der Waals surface area contributed by atoms with Crippen LogP contribution >= 0.6 is 0 Å². The zero-order chi connectivity index (χ0) is 17.1. The van der Waals surface area contributed by atoms with Gasteiger partial charge in [-0.2, -0.15) is 0 Å². The molecule has 0 aliphatic heterocycles. The molecule has 0 unspecified atom stereocenters. The Morgan fingerprint density at radius 3 is 2.12 bits per heavy atom. The maximum absolute atomic E-state index is 10.2. The van der Waals surface area contributed by atoms with Crippen LogP contribution in [0.1, 0.15) is 27.8 Å². The topological polar surface area (TPSA) is 20.2 Å². The molecule has 0 saturated heterocycles. The summed E-state index contributed by atoms with van der Waals surface area (Å²) in [5.41, 5.74) is 7.80. The van der Waals surface area contributed by atoms with Crippen molar-refractivity contribution in [3.63, 3.8) is 0 Å².